The van der Waals surface area contributed by atoms with E-state index in [1.807, 2.05) is 30.0 Å². The molecule has 0 aliphatic carbocycles. The first-order chi connectivity index (χ1) is 11.0. The van der Waals surface area contributed by atoms with E-state index < -0.39 is 0 Å². The highest BCUT2D eigenvalue weighted by Crippen LogP contribution is 2.33. The van der Waals surface area contributed by atoms with Crippen LogP contribution in [-0.2, 0) is 6.54 Å². The number of fused-ring (bicyclic) bond motifs is 1. The molecule has 122 valence electrons. The van der Waals surface area contributed by atoms with Crippen molar-refractivity contribution < 1.29 is 4.79 Å². The molecule has 0 radical (unpaired) electrons. The summed E-state index contributed by atoms with van der Waals surface area (Å²) < 4.78 is 2.23. The van der Waals surface area contributed by atoms with E-state index in [0.29, 0.717) is 17.5 Å². The second kappa shape index (κ2) is 6.28. The number of aromatic nitrogens is 1. The van der Waals surface area contributed by atoms with Crippen LogP contribution in [0.3, 0.4) is 0 Å². The maximum absolute atomic E-state index is 12.8. The number of amides is 2. The van der Waals surface area contributed by atoms with Crippen molar-refractivity contribution in [1.82, 2.24) is 9.47 Å². The van der Waals surface area contributed by atoms with Crippen LogP contribution in [0.2, 0.25) is 5.02 Å². The number of aryl methyl sites for hydroxylation is 1. The zero-order valence-corrected chi connectivity index (χ0v) is 14.5. The van der Waals surface area contributed by atoms with Crippen molar-refractivity contribution in [2.45, 2.75) is 33.4 Å². The SMILES string of the molecule is Cc1ccc(NC(=O)N2CCn3cccc3[C@@H]2C(C)C)cc1Cl. The van der Waals surface area contributed by atoms with E-state index in [1.54, 1.807) is 6.07 Å². The van der Waals surface area contributed by atoms with Gasteiger partial charge in [0.15, 0.2) is 0 Å². The highest BCUT2D eigenvalue weighted by molar-refractivity contribution is 6.31. The standard InChI is InChI=1S/C18H22ClN3O/c1-12(2)17-16-5-4-8-21(16)9-10-22(17)18(23)20-14-7-6-13(3)15(19)11-14/h4-8,11-12,17H,9-10H2,1-3H3,(H,20,23)/t17-/m0/s1. The van der Waals surface area contributed by atoms with Crippen LogP contribution >= 0.6 is 11.6 Å². The summed E-state index contributed by atoms with van der Waals surface area (Å²) >= 11 is 6.15. The molecule has 5 heteroatoms. The van der Waals surface area contributed by atoms with Gasteiger partial charge in [0.25, 0.3) is 0 Å². The summed E-state index contributed by atoms with van der Waals surface area (Å²) in [5.41, 5.74) is 2.93. The fraction of sp³-hybridized carbons (Fsp3) is 0.389. The van der Waals surface area contributed by atoms with Gasteiger partial charge in [0.2, 0.25) is 0 Å². The first-order valence-corrected chi connectivity index (χ1v) is 8.34. The molecule has 0 unspecified atom stereocenters. The van der Waals surface area contributed by atoms with Gasteiger partial charge in [-0.15, -0.1) is 0 Å². The summed E-state index contributed by atoms with van der Waals surface area (Å²) in [7, 11) is 0. The van der Waals surface area contributed by atoms with Crippen LogP contribution in [-0.4, -0.2) is 22.0 Å². The first-order valence-electron chi connectivity index (χ1n) is 7.96. The summed E-state index contributed by atoms with van der Waals surface area (Å²) in [6, 6.07) is 9.76. The number of halogens is 1. The maximum atomic E-state index is 12.8. The molecule has 0 saturated carbocycles. The molecular formula is C18H22ClN3O. The van der Waals surface area contributed by atoms with Crippen molar-refractivity contribution >= 4 is 23.3 Å². The Balaban J connectivity index is 1.82. The van der Waals surface area contributed by atoms with Crippen LogP contribution in [0.1, 0.15) is 31.1 Å². The van der Waals surface area contributed by atoms with Gasteiger partial charge in [-0.05, 0) is 42.7 Å². The average Bonchev–Trinajstić information content (AvgIpc) is 2.98. The Kier molecular flexibility index (Phi) is 4.35. The molecule has 4 nitrogen and oxygen atoms in total. The lowest BCUT2D eigenvalue weighted by Gasteiger charge is -2.39. The molecule has 2 amide bonds. The monoisotopic (exact) mass is 331 g/mol. The number of nitrogens with one attached hydrogen (secondary N) is 1. The smallest absolute Gasteiger partial charge is 0.322 e. The zero-order chi connectivity index (χ0) is 16.6. The van der Waals surface area contributed by atoms with E-state index >= 15 is 0 Å². The molecule has 1 atom stereocenters. The van der Waals surface area contributed by atoms with Gasteiger partial charge in [-0.2, -0.15) is 0 Å². The van der Waals surface area contributed by atoms with Gasteiger partial charge >= 0.3 is 6.03 Å². The van der Waals surface area contributed by atoms with Crippen LogP contribution in [0.15, 0.2) is 36.5 Å². The molecular weight excluding hydrogens is 310 g/mol. The minimum absolute atomic E-state index is 0.0731. The molecule has 0 saturated heterocycles. The predicted octanol–water partition coefficient (Wildman–Crippen LogP) is 4.69. The summed E-state index contributed by atoms with van der Waals surface area (Å²) in [6.45, 7) is 7.78. The van der Waals surface area contributed by atoms with Gasteiger partial charge in [0.05, 0.1) is 6.04 Å². The minimum Gasteiger partial charge on any atom is -0.348 e. The zero-order valence-electron chi connectivity index (χ0n) is 13.7. The number of carbonyl (C=O) groups excluding carboxylic acids is 1. The molecule has 1 aromatic heterocycles. The van der Waals surface area contributed by atoms with E-state index in [1.165, 1.54) is 5.69 Å². The molecule has 1 aliphatic heterocycles. The number of hydrogen-bond donors (Lipinski definition) is 1. The Labute approximate surface area is 142 Å². The second-order valence-electron chi connectivity index (χ2n) is 6.40. The van der Waals surface area contributed by atoms with E-state index in [4.69, 9.17) is 11.6 Å². The summed E-state index contributed by atoms with van der Waals surface area (Å²) in [6.07, 6.45) is 2.08. The van der Waals surface area contributed by atoms with Crippen LogP contribution < -0.4 is 5.32 Å². The Morgan fingerprint density at radius 2 is 2.09 bits per heavy atom. The number of benzene rings is 1. The van der Waals surface area contributed by atoms with E-state index in [0.717, 1.165) is 17.8 Å². The number of carbonyl (C=O) groups is 1. The van der Waals surface area contributed by atoms with Gasteiger partial charge < -0.3 is 14.8 Å². The molecule has 23 heavy (non-hydrogen) atoms. The molecule has 1 N–H and O–H groups in total. The van der Waals surface area contributed by atoms with Crippen LogP contribution in [0, 0.1) is 12.8 Å². The van der Waals surface area contributed by atoms with Crippen molar-refractivity contribution in [3.8, 4) is 0 Å². The number of hydrogen-bond acceptors (Lipinski definition) is 1. The van der Waals surface area contributed by atoms with E-state index in [9.17, 15) is 4.79 Å². The third-order valence-electron chi connectivity index (χ3n) is 4.40. The second-order valence-corrected chi connectivity index (χ2v) is 6.81. The third kappa shape index (κ3) is 3.08. The molecule has 3 rings (SSSR count). The van der Waals surface area contributed by atoms with Crippen molar-refractivity contribution in [3.63, 3.8) is 0 Å². The van der Waals surface area contributed by atoms with Gasteiger partial charge in [-0.3, -0.25) is 0 Å². The van der Waals surface area contributed by atoms with Gasteiger partial charge in [-0.25, -0.2) is 4.79 Å². The fourth-order valence-corrected chi connectivity index (χ4v) is 3.39. The third-order valence-corrected chi connectivity index (χ3v) is 4.81. The van der Waals surface area contributed by atoms with Crippen LogP contribution in [0.5, 0.6) is 0 Å². The summed E-state index contributed by atoms with van der Waals surface area (Å²) in [5.74, 6) is 0.344. The van der Waals surface area contributed by atoms with Crippen molar-refractivity contribution in [1.29, 1.82) is 0 Å². The number of urea groups is 1. The molecule has 2 aromatic rings. The molecule has 0 spiro atoms. The Morgan fingerprint density at radius 3 is 2.78 bits per heavy atom. The predicted molar refractivity (Wildman–Crippen MR) is 93.9 cm³/mol. The minimum atomic E-state index is -0.0731. The van der Waals surface area contributed by atoms with Gasteiger partial charge in [-0.1, -0.05) is 31.5 Å². The molecule has 0 bridgehead atoms. The summed E-state index contributed by atoms with van der Waals surface area (Å²) in [5, 5.41) is 3.64. The summed E-state index contributed by atoms with van der Waals surface area (Å²) in [4.78, 5) is 14.7. The van der Waals surface area contributed by atoms with Crippen LogP contribution in [0.4, 0.5) is 10.5 Å². The Morgan fingerprint density at radius 1 is 1.30 bits per heavy atom. The largest absolute Gasteiger partial charge is 0.348 e. The fourth-order valence-electron chi connectivity index (χ4n) is 3.21. The van der Waals surface area contributed by atoms with Gasteiger partial charge in [0, 0.05) is 35.7 Å². The first kappa shape index (κ1) is 15.9. The van der Waals surface area contributed by atoms with Crippen molar-refractivity contribution in [2.24, 2.45) is 5.92 Å². The van der Waals surface area contributed by atoms with Gasteiger partial charge in [0.1, 0.15) is 0 Å². The number of anilines is 1. The highest BCUT2D eigenvalue weighted by Gasteiger charge is 2.32. The van der Waals surface area contributed by atoms with E-state index in [2.05, 4.69) is 36.0 Å². The van der Waals surface area contributed by atoms with Crippen molar-refractivity contribution in [2.75, 3.05) is 11.9 Å². The maximum Gasteiger partial charge on any atom is 0.322 e. The molecule has 1 aliphatic rings. The van der Waals surface area contributed by atoms with Crippen LogP contribution in [0.25, 0.3) is 0 Å². The van der Waals surface area contributed by atoms with E-state index in [-0.39, 0.29) is 12.1 Å². The molecule has 0 fully saturated rings. The highest BCUT2D eigenvalue weighted by atomic mass is 35.5. The van der Waals surface area contributed by atoms with Crippen molar-refractivity contribution in [3.05, 3.63) is 52.8 Å². The quantitative estimate of drug-likeness (QED) is 0.851. The lowest BCUT2D eigenvalue weighted by Crippen LogP contribution is -2.45. The normalized spacial score (nSPS) is 17.3. The molecule has 2 heterocycles. The lowest BCUT2D eigenvalue weighted by atomic mass is 9.97. The Hall–Kier alpha value is -1.94. The number of nitrogens with zero attached hydrogens (tertiary/aromatic N) is 2. The lowest BCUT2D eigenvalue weighted by molar-refractivity contribution is 0.144. The Bertz CT molecular complexity index is 723. The topological polar surface area (TPSA) is 37.3 Å². The molecule has 1 aromatic carbocycles. The average molecular weight is 332 g/mol. The number of rotatable bonds is 2.